The SMILES string of the molecule is Nc1ccc(OC(F)F)c(O)c1. The van der Waals surface area contributed by atoms with Crippen molar-refractivity contribution in [2.75, 3.05) is 5.73 Å². The van der Waals surface area contributed by atoms with Gasteiger partial charge in [-0.1, -0.05) is 0 Å². The summed E-state index contributed by atoms with van der Waals surface area (Å²) in [5.74, 6) is -0.672. The molecule has 3 nitrogen and oxygen atoms in total. The van der Waals surface area contributed by atoms with Crippen LogP contribution in [0.1, 0.15) is 0 Å². The van der Waals surface area contributed by atoms with Crippen LogP contribution < -0.4 is 10.5 Å². The zero-order valence-electron chi connectivity index (χ0n) is 6.00. The number of aromatic hydroxyl groups is 1. The number of nitrogen functional groups attached to an aromatic ring is 1. The highest BCUT2D eigenvalue weighted by Gasteiger charge is 2.08. The predicted octanol–water partition coefficient (Wildman–Crippen LogP) is 1.58. The van der Waals surface area contributed by atoms with Gasteiger partial charge in [-0.3, -0.25) is 0 Å². The summed E-state index contributed by atoms with van der Waals surface area (Å²) < 4.78 is 27.2. The first-order chi connectivity index (χ1) is 5.59. The Morgan fingerprint density at radius 2 is 2.08 bits per heavy atom. The molecule has 0 fully saturated rings. The molecule has 0 aliphatic carbocycles. The number of benzene rings is 1. The molecular formula is C7H7F2NO2. The lowest BCUT2D eigenvalue weighted by Crippen LogP contribution is -2.02. The van der Waals surface area contributed by atoms with Gasteiger partial charge in [0.1, 0.15) is 0 Å². The molecule has 0 atom stereocenters. The van der Waals surface area contributed by atoms with E-state index in [4.69, 9.17) is 10.8 Å². The van der Waals surface area contributed by atoms with Crippen molar-refractivity contribution in [2.24, 2.45) is 0 Å². The minimum Gasteiger partial charge on any atom is -0.504 e. The van der Waals surface area contributed by atoms with Gasteiger partial charge in [-0.25, -0.2) is 0 Å². The molecule has 0 saturated carbocycles. The lowest BCUT2D eigenvalue weighted by Gasteiger charge is -2.06. The van der Waals surface area contributed by atoms with Crippen LogP contribution in [0, 0.1) is 0 Å². The van der Waals surface area contributed by atoms with E-state index in [-0.39, 0.29) is 11.4 Å². The molecule has 0 aromatic heterocycles. The van der Waals surface area contributed by atoms with Crippen molar-refractivity contribution < 1.29 is 18.6 Å². The Morgan fingerprint density at radius 3 is 2.58 bits per heavy atom. The second kappa shape index (κ2) is 3.25. The van der Waals surface area contributed by atoms with E-state index in [0.29, 0.717) is 0 Å². The van der Waals surface area contributed by atoms with Gasteiger partial charge in [0.25, 0.3) is 0 Å². The van der Waals surface area contributed by atoms with Gasteiger partial charge in [-0.05, 0) is 12.1 Å². The quantitative estimate of drug-likeness (QED) is 0.671. The molecule has 1 rings (SSSR count). The molecule has 5 heteroatoms. The summed E-state index contributed by atoms with van der Waals surface area (Å²) in [6.07, 6.45) is 0. The zero-order valence-corrected chi connectivity index (χ0v) is 6.00. The molecule has 1 aromatic carbocycles. The van der Waals surface area contributed by atoms with Crippen molar-refractivity contribution >= 4 is 5.69 Å². The summed E-state index contributed by atoms with van der Waals surface area (Å²) >= 11 is 0. The summed E-state index contributed by atoms with van der Waals surface area (Å²) in [5, 5.41) is 9.00. The fraction of sp³-hybridized carbons (Fsp3) is 0.143. The number of phenolic OH excluding ortho intramolecular Hbond substituents is 1. The lowest BCUT2D eigenvalue weighted by molar-refractivity contribution is -0.0512. The van der Waals surface area contributed by atoms with Gasteiger partial charge in [0.15, 0.2) is 11.5 Å². The van der Waals surface area contributed by atoms with Crippen molar-refractivity contribution in [1.82, 2.24) is 0 Å². The standard InChI is InChI=1S/C7H7F2NO2/c8-7(9)12-6-2-1-4(10)3-5(6)11/h1-3,7,11H,10H2. The van der Waals surface area contributed by atoms with E-state index >= 15 is 0 Å². The highest BCUT2D eigenvalue weighted by atomic mass is 19.3. The van der Waals surface area contributed by atoms with Gasteiger partial charge < -0.3 is 15.6 Å². The maximum absolute atomic E-state index is 11.6. The molecule has 0 aliphatic rings. The molecule has 0 bridgehead atoms. The highest BCUT2D eigenvalue weighted by molar-refractivity contribution is 5.51. The van der Waals surface area contributed by atoms with E-state index < -0.39 is 12.4 Å². The zero-order chi connectivity index (χ0) is 9.14. The molecule has 0 spiro atoms. The summed E-state index contributed by atoms with van der Waals surface area (Å²) in [6, 6.07) is 3.67. The number of hydrogen-bond acceptors (Lipinski definition) is 3. The molecule has 0 amide bonds. The van der Waals surface area contributed by atoms with Crippen molar-refractivity contribution in [3.05, 3.63) is 18.2 Å². The second-order valence-corrected chi connectivity index (χ2v) is 2.11. The molecular weight excluding hydrogens is 168 g/mol. The molecule has 12 heavy (non-hydrogen) atoms. The Kier molecular flexibility index (Phi) is 2.32. The number of hydrogen-bond donors (Lipinski definition) is 2. The number of alkyl halides is 2. The minimum absolute atomic E-state index is 0.279. The predicted molar refractivity (Wildman–Crippen MR) is 39.2 cm³/mol. The molecule has 0 unspecified atom stereocenters. The van der Waals surface area contributed by atoms with Gasteiger partial charge in [-0.15, -0.1) is 0 Å². The van der Waals surface area contributed by atoms with E-state index in [1.807, 2.05) is 0 Å². The van der Waals surface area contributed by atoms with E-state index in [0.717, 1.165) is 6.07 Å². The third-order valence-electron chi connectivity index (χ3n) is 1.20. The molecule has 1 aromatic rings. The Morgan fingerprint density at radius 1 is 1.42 bits per heavy atom. The lowest BCUT2D eigenvalue weighted by atomic mass is 10.3. The number of phenols is 1. The average molecular weight is 175 g/mol. The fourth-order valence-electron chi connectivity index (χ4n) is 0.730. The van der Waals surface area contributed by atoms with Gasteiger partial charge in [0.2, 0.25) is 0 Å². The molecule has 0 saturated heterocycles. The molecule has 3 N–H and O–H groups in total. The number of halogens is 2. The van der Waals surface area contributed by atoms with E-state index in [2.05, 4.69) is 4.74 Å². The Bertz CT molecular complexity index is 278. The number of ether oxygens (including phenoxy) is 1. The Balaban J connectivity index is 2.86. The van der Waals surface area contributed by atoms with Crippen LogP contribution >= 0.6 is 0 Å². The largest absolute Gasteiger partial charge is 0.504 e. The van der Waals surface area contributed by atoms with Gasteiger partial charge in [-0.2, -0.15) is 8.78 Å². The van der Waals surface area contributed by atoms with Crippen molar-refractivity contribution in [1.29, 1.82) is 0 Å². The molecule has 0 heterocycles. The first-order valence-electron chi connectivity index (χ1n) is 3.13. The highest BCUT2D eigenvalue weighted by Crippen LogP contribution is 2.28. The van der Waals surface area contributed by atoms with Crippen LogP contribution in [0.15, 0.2) is 18.2 Å². The maximum atomic E-state index is 11.6. The van der Waals surface area contributed by atoms with Crippen LogP contribution in [0.2, 0.25) is 0 Å². The maximum Gasteiger partial charge on any atom is 0.387 e. The minimum atomic E-state index is -2.94. The first kappa shape index (κ1) is 8.58. The van der Waals surface area contributed by atoms with E-state index in [9.17, 15) is 8.78 Å². The van der Waals surface area contributed by atoms with Crippen LogP contribution in [0.4, 0.5) is 14.5 Å². The van der Waals surface area contributed by atoms with Crippen LogP contribution in [0.3, 0.4) is 0 Å². The number of anilines is 1. The number of rotatable bonds is 2. The van der Waals surface area contributed by atoms with Gasteiger partial charge >= 0.3 is 6.61 Å². The Labute approximate surface area is 67.4 Å². The Hall–Kier alpha value is -1.52. The van der Waals surface area contributed by atoms with Crippen molar-refractivity contribution in [2.45, 2.75) is 6.61 Å². The third kappa shape index (κ3) is 1.98. The van der Waals surface area contributed by atoms with E-state index in [1.165, 1.54) is 12.1 Å². The average Bonchev–Trinajstić information content (AvgIpc) is 1.94. The molecule has 0 radical (unpaired) electrons. The monoisotopic (exact) mass is 175 g/mol. The summed E-state index contributed by atoms with van der Waals surface area (Å²) in [7, 11) is 0. The van der Waals surface area contributed by atoms with Crippen LogP contribution in [-0.4, -0.2) is 11.7 Å². The summed E-state index contributed by atoms with van der Waals surface area (Å²) in [6.45, 7) is -2.94. The fourth-order valence-corrected chi connectivity index (χ4v) is 0.730. The van der Waals surface area contributed by atoms with Crippen LogP contribution in [0.25, 0.3) is 0 Å². The van der Waals surface area contributed by atoms with E-state index in [1.54, 1.807) is 0 Å². The number of nitrogens with two attached hydrogens (primary N) is 1. The summed E-state index contributed by atoms with van der Waals surface area (Å²) in [4.78, 5) is 0. The smallest absolute Gasteiger partial charge is 0.387 e. The third-order valence-corrected chi connectivity index (χ3v) is 1.20. The van der Waals surface area contributed by atoms with Crippen LogP contribution in [-0.2, 0) is 0 Å². The van der Waals surface area contributed by atoms with Crippen molar-refractivity contribution in [3.8, 4) is 11.5 Å². The topological polar surface area (TPSA) is 55.5 Å². The van der Waals surface area contributed by atoms with Gasteiger partial charge in [0.05, 0.1) is 0 Å². The van der Waals surface area contributed by atoms with Gasteiger partial charge in [0, 0.05) is 11.8 Å². The first-order valence-corrected chi connectivity index (χ1v) is 3.13. The van der Waals surface area contributed by atoms with Crippen molar-refractivity contribution in [3.63, 3.8) is 0 Å². The normalized spacial score (nSPS) is 10.2. The second-order valence-electron chi connectivity index (χ2n) is 2.11. The molecule has 0 aliphatic heterocycles. The molecule has 66 valence electrons. The summed E-state index contributed by atoms with van der Waals surface area (Å²) in [5.41, 5.74) is 5.54. The van der Waals surface area contributed by atoms with Crippen LogP contribution in [0.5, 0.6) is 11.5 Å².